The number of hydrogen-bond acceptors (Lipinski definition) is 6. The van der Waals surface area contributed by atoms with Gasteiger partial charge in [0.25, 0.3) is 10.0 Å². The molecule has 0 unspecified atom stereocenters. The first-order valence-corrected chi connectivity index (χ1v) is 15.9. The molecule has 9 heteroatoms. The van der Waals surface area contributed by atoms with Crippen LogP contribution in [0.5, 0.6) is 5.75 Å². The fraction of sp³-hybridized carbons (Fsp3) is 0.387. The SMILES string of the molecule is O=C1Cc2cccc(c2)N[C@@H]2CC[C@H]2CN2C[C@@]3(CCCc4cc(Cl)ccc43)COc3ccc(cc32)S(=O)(=O)N1. The molecule has 1 amide bonds. The summed E-state index contributed by atoms with van der Waals surface area (Å²) in [5.74, 6) is 0.487. The molecule has 0 saturated heterocycles. The molecular weight excluding hydrogens is 546 g/mol. The number of amides is 1. The Balaban J connectivity index is 1.33. The summed E-state index contributed by atoms with van der Waals surface area (Å²) >= 11 is 6.38. The van der Waals surface area contributed by atoms with Gasteiger partial charge in [-0.3, -0.25) is 4.79 Å². The van der Waals surface area contributed by atoms with Crippen LogP contribution in [0, 0.1) is 5.92 Å². The molecule has 7 rings (SSSR count). The highest BCUT2D eigenvalue weighted by Gasteiger charge is 2.43. The first-order valence-electron chi connectivity index (χ1n) is 14.0. The van der Waals surface area contributed by atoms with Gasteiger partial charge in [0.15, 0.2) is 0 Å². The second kappa shape index (κ2) is 9.70. The quantitative estimate of drug-likeness (QED) is 0.388. The normalized spacial score (nSPS) is 26.8. The minimum Gasteiger partial charge on any atom is -0.490 e. The van der Waals surface area contributed by atoms with E-state index >= 15 is 0 Å². The maximum Gasteiger partial charge on any atom is 0.264 e. The number of benzene rings is 3. The molecule has 40 heavy (non-hydrogen) atoms. The predicted molar refractivity (Wildman–Crippen MR) is 156 cm³/mol. The fourth-order valence-electron chi connectivity index (χ4n) is 6.94. The molecule has 1 spiro atoms. The van der Waals surface area contributed by atoms with Gasteiger partial charge in [-0.2, -0.15) is 0 Å². The summed E-state index contributed by atoms with van der Waals surface area (Å²) in [4.78, 5) is 15.2. The van der Waals surface area contributed by atoms with E-state index in [0.29, 0.717) is 30.9 Å². The van der Waals surface area contributed by atoms with E-state index < -0.39 is 15.9 Å². The summed E-state index contributed by atoms with van der Waals surface area (Å²) in [5, 5.41) is 4.43. The van der Waals surface area contributed by atoms with Crippen molar-refractivity contribution in [3.63, 3.8) is 0 Å². The van der Waals surface area contributed by atoms with Gasteiger partial charge in [-0.25, -0.2) is 13.1 Å². The molecule has 208 valence electrons. The van der Waals surface area contributed by atoms with E-state index in [1.807, 2.05) is 30.3 Å². The van der Waals surface area contributed by atoms with Crippen LogP contribution < -0.4 is 19.7 Å². The summed E-state index contributed by atoms with van der Waals surface area (Å²) in [6.45, 7) is 1.99. The number of rotatable bonds is 0. The molecule has 3 aromatic carbocycles. The number of carbonyl (C=O) groups is 1. The van der Waals surface area contributed by atoms with Crippen LogP contribution in [-0.4, -0.2) is 40.1 Å². The lowest BCUT2D eigenvalue weighted by Crippen LogP contribution is -2.50. The molecule has 3 atom stereocenters. The molecule has 2 N–H and O–H groups in total. The number of sulfonamides is 1. The van der Waals surface area contributed by atoms with Crippen LogP contribution in [0.3, 0.4) is 0 Å². The summed E-state index contributed by atoms with van der Waals surface area (Å²) in [6, 6.07) is 19.1. The largest absolute Gasteiger partial charge is 0.490 e. The molecule has 1 fully saturated rings. The zero-order chi connectivity index (χ0) is 27.5. The number of carbonyl (C=O) groups excluding carboxylic acids is 1. The topological polar surface area (TPSA) is 87.7 Å². The fourth-order valence-corrected chi connectivity index (χ4v) is 8.14. The number of ether oxygens (including phenoxy) is 1. The molecule has 4 bridgehead atoms. The van der Waals surface area contributed by atoms with E-state index in [2.05, 4.69) is 27.1 Å². The monoisotopic (exact) mass is 577 g/mol. The number of aryl methyl sites for hydroxylation is 1. The van der Waals surface area contributed by atoms with Gasteiger partial charge in [-0.1, -0.05) is 29.8 Å². The summed E-state index contributed by atoms with van der Waals surface area (Å²) in [7, 11) is -4.07. The molecule has 2 aliphatic carbocycles. The number of nitrogens with zero attached hydrogens (tertiary/aromatic N) is 1. The van der Waals surface area contributed by atoms with Crippen molar-refractivity contribution in [3.8, 4) is 5.75 Å². The Hall–Kier alpha value is -3.23. The Morgan fingerprint density at radius 2 is 1.95 bits per heavy atom. The smallest absolute Gasteiger partial charge is 0.264 e. The number of nitrogens with one attached hydrogen (secondary N) is 2. The molecule has 7 nitrogen and oxygen atoms in total. The van der Waals surface area contributed by atoms with Crippen LogP contribution in [0.25, 0.3) is 0 Å². The highest BCUT2D eigenvalue weighted by molar-refractivity contribution is 7.90. The molecule has 0 radical (unpaired) electrons. The van der Waals surface area contributed by atoms with Crippen molar-refractivity contribution in [2.24, 2.45) is 5.92 Å². The zero-order valence-electron chi connectivity index (χ0n) is 22.2. The summed E-state index contributed by atoms with van der Waals surface area (Å²) in [5.41, 5.74) is 4.77. The Morgan fingerprint density at radius 1 is 1.05 bits per heavy atom. The van der Waals surface area contributed by atoms with Crippen LogP contribution in [0.2, 0.25) is 5.02 Å². The first-order chi connectivity index (χ1) is 19.3. The predicted octanol–water partition coefficient (Wildman–Crippen LogP) is 5.06. The second-order valence-electron chi connectivity index (χ2n) is 11.7. The van der Waals surface area contributed by atoms with Crippen molar-refractivity contribution < 1.29 is 17.9 Å². The number of halogens is 1. The minimum absolute atomic E-state index is 0.0189. The lowest BCUT2D eigenvalue weighted by molar-refractivity contribution is -0.118. The minimum atomic E-state index is -4.07. The Kier molecular flexibility index (Phi) is 6.24. The molecule has 0 aromatic heterocycles. The third-order valence-corrected chi connectivity index (χ3v) is 10.7. The summed E-state index contributed by atoms with van der Waals surface area (Å²) < 4.78 is 35.5. The number of anilines is 2. The molecular formula is C31H32ClN3O4S. The Bertz CT molecular complexity index is 1610. The highest BCUT2D eigenvalue weighted by atomic mass is 35.5. The maximum absolute atomic E-state index is 13.4. The van der Waals surface area contributed by atoms with Gasteiger partial charge in [0.2, 0.25) is 5.91 Å². The van der Waals surface area contributed by atoms with E-state index in [4.69, 9.17) is 16.3 Å². The van der Waals surface area contributed by atoms with Crippen LogP contribution >= 0.6 is 11.6 Å². The van der Waals surface area contributed by atoms with Crippen molar-refractivity contribution in [1.82, 2.24) is 4.72 Å². The van der Waals surface area contributed by atoms with E-state index in [0.717, 1.165) is 60.6 Å². The van der Waals surface area contributed by atoms with Crippen LogP contribution in [-0.2, 0) is 33.1 Å². The van der Waals surface area contributed by atoms with Gasteiger partial charge in [0.1, 0.15) is 5.75 Å². The van der Waals surface area contributed by atoms with Crippen molar-refractivity contribution in [2.45, 2.75) is 54.9 Å². The standard InChI is InChI=1S/C31H32ClN3O4S/c32-23-7-9-26-21(15-23)4-2-12-31(26)18-35-17-22-6-10-27(22)33-24-5-1-3-20(13-24)14-30(36)34-40(37,38)25-8-11-29(39-19-31)28(35)16-25/h1,3,5,7-9,11,13,15-16,22,27,33H,2,4,6,10,12,14,17-19H2,(H,34,36)/t22-,27+,31-/m0/s1. The first kappa shape index (κ1) is 25.7. The van der Waals surface area contributed by atoms with E-state index in [-0.39, 0.29) is 16.7 Å². The van der Waals surface area contributed by atoms with E-state index in [1.54, 1.807) is 12.1 Å². The maximum atomic E-state index is 13.4. The molecule has 2 heterocycles. The van der Waals surface area contributed by atoms with E-state index in [9.17, 15) is 13.2 Å². The Labute approximate surface area is 239 Å². The Morgan fingerprint density at radius 3 is 2.80 bits per heavy atom. The van der Waals surface area contributed by atoms with E-state index in [1.165, 1.54) is 17.2 Å². The van der Waals surface area contributed by atoms with Gasteiger partial charge >= 0.3 is 0 Å². The van der Waals surface area contributed by atoms with Gasteiger partial charge in [0.05, 0.1) is 23.6 Å². The summed E-state index contributed by atoms with van der Waals surface area (Å²) in [6.07, 6.45) is 5.13. The van der Waals surface area contributed by atoms with Crippen molar-refractivity contribution >= 4 is 38.9 Å². The molecule has 1 saturated carbocycles. The average Bonchev–Trinajstić information content (AvgIpc) is 3.06. The third-order valence-electron chi connectivity index (χ3n) is 9.08. The van der Waals surface area contributed by atoms with Crippen LogP contribution in [0.4, 0.5) is 11.4 Å². The van der Waals surface area contributed by atoms with Gasteiger partial charge in [-0.05, 0) is 97.2 Å². The van der Waals surface area contributed by atoms with Gasteiger partial charge in [0, 0.05) is 35.3 Å². The second-order valence-corrected chi connectivity index (χ2v) is 13.8. The average molecular weight is 578 g/mol. The van der Waals surface area contributed by atoms with Gasteiger partial charge in [-0.15, -0.1) is 0 Å². The highest BCUT2D eigenvalue weighted by Crippen LogP contribution is 2.46. The zero-order valence-corrected chi connectivity index (χ0v) is 23.7. The molecule has 4 aliphatic rings. The van der Waals surface area contributed by atoms with Crippen molar-refractivity contribution in [3.05, 3.63) is 82.4 Å². The van der Waals surface area contributed by atoms with Crippen LogP contribution in [0.1, 0.15) is 42.4 Å². The lowest BCUT2D eigenvalue weighted by atomic mass is 9.69. The molecule has 2 aliphatic heterocycles. The van der Waals surface area contributed by atoms with Gasteiger partial charge < -0.3 is 15.0 Å². The number of fused-ring (bicyclic) bond motifs is 6. The van der Waals surface area contributed by atoms with Crippen molar-refractivity contribution in [1.29, 1.82) is 0 Å². The lowest BCUT2D eigenvalue weighted by Gasteiger charge is -2.45. The van der Waals surface area contributed by atoms with Crippen molar-refractivity contribution in [2.75, 3.05) is 29.9 Å². The third kappa shape index (κ3) is 4.61. The van der Waals surface area contributed by atoms with Crippen LogP contribution in [0.15, 0.2) is 65.6 Å². The molecule has 3 aromatic rings. The number of hydrogen-bond donors (Lipinski definition) is 2.